The molecule has 2 rings (SSSR count). The quantitative estimate of drug-likeness (QED) is 0.668. The summed E-state index contributed by atoms with van der Waals surface area (Å²) in [5.41, 5.74) is 1.04. The van der Waals surface area contributed by atoms with Crippen LogP contribution in [0.4, 0.5) is 0 Å². The summed E-state index contributed by atoms with van der Waals surface area (Å²) in [6, 6.07) is 0. The van der Waals surface area contributed by atoms with Crippen molar-refractivity contribution < 1.29 is 14.3 Å². The molecule has 0 radical (unpaired) electrons. The summed E-state index contributed by atoms with van der Waals surface area (Å²) >= 11 is 0. The number of Topliss-reactive ketones (excluding diaryl/α,β-unsaturated/α-hetero) is 1. The summed E-state index contributed by atoms with van der Waals surface area (Å²) in [5, 5.41) is 0. The number of ether oxygens (including phenoxy) is 1. The molecule has 18 heavy (non-hydrogen) atoms. The molecule has 0 N–H and O–H groups in total. The van der Waals surface area contributed by atoms with Gasteiger partial charge in [0.15, 0.2) is 5.78 Å². The van der Waals surface area contributed by atoms with Gasteiger partial charge in [0.1, 0.15) is 5.76 Å². The topological polar surface area (TPSA) is 43.4 Å². The first-order valence-electron chi connectivity index (χ1n) is 6.25. The smallest absolute Gasteiger partial charge is 0.316 e. The van der Waals surface area contributed by atoms with Crippen molar-refractivity contribution in [3.8, 4) is 0 Å². The second kappa shape index (κ2) is 4.56. The molecule has 3 nitrogen and oxygen atoms in total. The summed E-state index contributed by atoms with van der Waals surface area (Å²) in [7, 11) is 0. The maximum atomic E-state index is 11.9. The van der Waals surface area contributed by atoms with Gasteiger partial charge in [-0.2, -0.15) is 0 Å². The molecule has 1 fully saturated rings. The van der Waals surface area contributed by atoms with E-state index in [2.05, 4.69) is 0 Å². The maximum Gasteiger partial charge on any atom is 0.316 e. The van der Waals surface area contributed by atoms with E-state index >= 15 is 0 Å². The molecule has 0 atom stereocenters. The van der Waals surface area contributed by atoms with Gasteiger partial charge in [-0.15, -0.1) is 0 Å². The third kappa shape index (κ3) is 2.45. The fourth-order valence-corrected chi connectivity index (χ4v) is 1.98. The number of rotatable bonds is 1. The zero-order valence-electron chi connectivity index (χ0n) is 11.1. The Morgan fingerprint density at radius 1 is 1.28 bits per heavy atom. The zero-order valence-corrected chi connectivity index (χ0v) is 11.1. The average Bonchev–Trinajstić information content (AvgIpc) is 2.52. The van der Waals surface area contributed by atoms with E-state index in [9.17, 15) is 9.59 Å². The summed E-state index contributed by atoms with van der Waals surface area (Å²) in [5.74, 6) is 0.182. The van der Waals surface area contributed by atoms with E-state index in [1.165, 1.54) is 0 Å². The molecule has 0 aromatic carbocycles. The minimum Gasteiger partial charge on any atom is -0.425 e. The van der Waals surface area contributed by atoms with Crippen LogP contribution in [0.15, 0.2) is 35.1 Å². The van der Waals surface area contributed by atoms with Crippen molar-refractivity contribution in [3.63, 3.8) is 0 Å². The van der Waals surface area contributed by atoms with Gasteiger partial charge in [0.2, 0.25) is 0 Å². The van der Waals surface area contributed by atoms with Gasteiger partial charge in [-0.25, -0.2) is 0 Å². The van der Waals surface area contributed by atoms with Crippen molar-refractivity contribution >= 4 is 11.8 Å². The van der Waals surface area contributed by atoms with Crippen LogP contribution in [-0.4, -0.2) is 11.8 Å². The van der Waals surface area contributed by atoms with Crippen LogP contribution in [-0.2, 0) is 14.3 Å². The van der Waals surface area contributed by atoms with Crippen molar-refractivity contribution in [2.24, 2.45) is 5.41 Å². The Balaban J connectivity index is 2.35. The van der Waals surface area contributed by atoms with Crippen molar-refractivity contribution in [3.05, 3.63) is 35.1 Å². The largest absolute Gasteiger partial charge is 0.425 e. The molecule has 0 aromatic rings. The first kappa shape index (κ1) is 12.8. The minimum atomic E-state index is -0.570. The van der Waals surface area contributed by atoms with E-state index in [1.807, 2.05) is 12.2 Å². The average molecular weight is 246 g/mol. The van der Waals surface area contributed by atoms with Crippen LogP contribution in [0.2, 0.25) is 0 Å². The third-order valence-corrected chi connectivity index (χ3v) is 3.05. The predicted molar refractivity (Wildman–Crippen MR) is 68.7 cm³/mol. The lowest BCUT2D eigenvalue weighted by molar-refractivity contribution is -0.148. The molecule has 3 heteroatoms. The SMILES string of the molecule is CC(C)(C)C(=O)OC1=C2C(=O)CCC2=CCC=C1. The number of ketones is 1. The first-order valence-corrected chi connectivity index (χ1v) is 6.25. The van der Waals surface area contributed by atoms with Gasteiger partial charge in [0.25, 0.3) is 0 Å². The number of hydrogen-bond acceptors (Lipinski definition) is 3. The lowest BCUT2D eigenvalue weighted by atomic mass is 9.97. The highest BCUT2D eigenvalue weighted by atomic mass is 16.5. The van der Waals surface area contributed by atoms with Crippen LogP contribution < -0.4 is 0 Å². The molecule has 0 spiro atoms. The van der Waals surface area contributed by atoms with Crippen LogP contribution in [0.1, 0.15) is 40.0 Å². The van der Waals surface area contributed by atoms with E-state index in [4.69, 9.17) is 4.74 Å². The highest BCUT2D eigenvalue weighted by Crippen LogP contribution is 2.33. The standard InChI is InChI=1S/C15H18O3/c1-15(2,3)14(17)18-12-7-5-4-6-10-8-9-11(16)13(10)12/h5-7H,4,8-9H2,1-3H3. The van der Waals surface area contributed by atoms with Crippen LogP contribution in [0.5, 0.6) is 0 Å². The maximum absolute atomic E-state index is 11.9. The Morgan fingerprint density at radius 2 is 2.00 bits per heavy atom. The number of carbonyl (C=O) groups excluding carboxylic acids is 2. The van der Waals surface area contributed by atoms with Gasteiger partial charge in [-0.1, -0.05) is 12.2 Å². The van der Waals surface area contributed by atoms with Gasteiger partial charge in [-0.3, -0.25) is 9.59 Å². The first-order chi connectivity index (χ1) is 8.39. The van der Waals surface area contributed by atoms with Gasteiger partial charge >= 0.3 is 5.97 Å². The second-order valence-corrected chi connectivity index (χ2v) is 5.67. The molecule has 2 aliphatic carbocycles. The fraction of sp³-hybridized carbons (Fsp3) is 0.467. The fourth-order valence-electron chi connectivity index (χ4n) is 1.98. The number of fused-ring (bicyclic) bond motifs is 1. The highest BCUT2D eigenvalue weighted by Gasteiger charge is 2.30. The Morgan fingerprint density at radius 3 is 2.67 bits per heavy atom. The molecule has 0 aliphatic heterocycles. The van der Waals surface area contributed by atoms with Crippen molar-refractivity contribution in [2.75, 3.05) is 0 Å². The van der Waals surface area contributed by atoms with Crippen LogP contribution in [0.25, 0.3) is 0 Å². The molecule has 0 bridgehead atoms. The molecule has 0 amide bonds. The number of carbonyl (C=O) groups is 2. The monoisotopic (exact) mass is 246 g/mol. The van der Waals surface area contributed by atoms with Crippen molar-refractivity contribution in [1.82, 2.24) is 0 Å². The Kier molecular flexibility index (Phi) is 3.24. The predicted octanol–water partition coefficient (Wildman–Crippen LogP) is 3.08. The summed E-state index contributed by atoms with van der Waals surface area (Å²) in [6.07, 6.45) is 7.75. The second-order valence-electron chi connectivity index (χ2n) is 5.67. The van der Waals surface area contributed by atoms with E-state index in [0.717, 1.165) is 18.4 Å². The molecular weight excluding hydrogens is 228 g/mol. The normalized spacial score (nSPS) is 19.5. The number of allylic oxidation sites excluding steroid dienone is 5. The molecule has 1 saturated carbocycles. The van der Waals surface area contributed by atoms with Crippen LogP contribution in [0.3, 0.4) is 0 Å². The third-order valence-electron chi connectivity index (χ3n) is 3.05. The van der Waals surface area contributed by atoms with Crippen LogP contribution in [0, 0.1) is 5.41 Å². The van der Waals surface area contributed by atoms with Crippen LogP contribution >= 0.6 is 0 Å². The summed E-state index contributed by atoms with van der Waals surface area (Å²) in [4.78, 5) is 23.8. The molecule has 0 saturated heterocycles. The van der Waals surface area contributed by atoms with E-state index in [-0.39, 0.29) is 11.8 Å². The Hall–Kier alpha value is -1.64. The molecular formula is C15H18O3. The highest BCUT2D eigenvalue weighted by molar-refractivity contribution is 6.04. The zero-order chi connectivity index (χ0) is 13.3. The van der Waals surface area contributed by atoms with E-state index in [0.29, 0.717) is 17.8 Å². The molecule has 0 unspecified atom stereocenters. The van der Waals surface area contributed by atoms with E-state index < -0.39 is 5.41 Å². The van der Waals surface area contributed by atoms with Gasteiger partial charge < -0.3 is 4.74 Å². The number of hydrogen-bond donors (Lipinski definition) is 0. The Labute approximate surface area is 107 Å². The molecule has 0 aromatic heterocycles. The van der Waals surface area contributed by atoms with Crippen molar-refractivity contribution in [1.29, 1.82) is 0 Å². The number of esters is 1. The lowest BCUT2D eigenvalue weighted by Crippen LogP contribution is -2.23. The van der Waals surface area contributed by atoms with Gasteiger partial charge in [-0.05, 0) is 45.3 Å². The summed E-state index contributed by atoms with van der Waals surface area (Å²) < 4.78 is 5.41. The molecule has 2 aliphatic rings. The minimum absolute atomic E-state index is 0.0736. The molecule has 96 valence electrons. The summed E-state index contributed by atoms with van der Waals surface area (Å²) in [6.45, 7) is 5.40. The lowest BCUT2D eigenvalue weighted by Gasteiger charge is -2.17. The van der Waals surface area contributed by atoms with Gasteiger partial charge in [0.05, 0.1) is 11.0 Å². The van der Waals surface area contributed by atoms with Crippen molar-refractivity contribution in [2.45, 2.75) is 40.0 Å². The van der Waals surface area contributed by atoms with E-state index in [1.54, 1.807) is 26.8 Å². The molecule has 0 heterocycles. The van der Waals surface area contributed by atoms with Gasteiger partial charge in [0, 0.05) is 6.42 Å². The Bertz CT molecular complexity index is 484.